The third kappa shape index (κ3) is 6.43. The van der Waals surface area contributed by atoms with E-state index in [1.807, 2.05) is 30.3 Å². The van der Waals surface area contributed by atoms with Gasteiger partial charge < -0.3 is 0 Å². The molecule has 1 aliphatic heterocycles. The van der Waals surface area contributed by atoms with Crippen LogP contribution in [0.4, 0.5) is 0 Å². The molecule has 1 saturated heterocycles. The van der Waals surface area contributed by atoms with Gasteiger partial charge in [-0.25, -0.2) is 0 Å². The number of carbonyl (C=O) groups excluding carboxylic acids is 3. The Hall–Kier alpha value is -3.21. The van der Waals surface area contributed by atoms with E-state index in [-0.39, 0.29) is 6.61 Å². The summed E-state index contributed by atoms with van der Waals surface area (Å²) in [5.74, 6) is -1.87. The first-order valence-electron chi connectivity index (χ1n) is 10.3. The van der Waals surface area contributed by atoms with Crippen molar-refractivity contribution in [2.75, 3.05) is 6.61 Å². The number of H-pyrrole nitrogens is 1. The predicted molar refractivity (Wildman–Crippen MR) is 119 cm³/mol. The summed E-state index contributed by atoms with van der Waals surface area (Å²) in [5.41, 5.74) is -1.32. The molecule has 5 atom stereocenters. The molecule has 0 aliphatic carbocycles. The number of aromatic amines is 1. The van der Waals surface area contributed by atoms with E-state index >= 15 is 0 Å². The Bertz CT molecular complexity index is 1150. The van der Waals surface area contributed by atoms with E-state index in [2.05, 4.69) is 4.98 Å². The predicted octanol–water partition coefficient (Wildman–Crippen LogP) is -0.321. The number of nitrogens with zero attached hydrogens (tertiary/aromatic N) is 1. The second-order valence-corrected chi connectivity index (χ2v) is 10.1. The number of aromatic nitrogens is 2. The summed E-state index contributed by atoms with van der Waals surface area (Å²) in [4.78, 5) is 61.3. The Labute approximate surface area is 200 Å². The molecule has 0 radical (unpaired) electrons. The van der Waals surface area contributed by atoms with Crippen molar-refractivity contribution >= 4 is 37.3 Å². The zero-order valence-electron chi connectivity index (χ0n) is 18.7. The average Bonchev–Trinajstić information content (AvgIpc) is 2.75. The molecule has 1 aromatic heterocycles. The molecule has 0 saturated carbocycles. The average molecular weight is 539 g/mol. The van der Waals surface area contributed by atoms with Gasteiger partial charge in [-0.15, -0.1) is 0 Å². The van der Waals surface area contributed by atoms with Crippen molar-refractivity contribution in [3.8, 4) is 0 Å². The molecule has 1 fully saturated rings. The number of esters is 3. The Morgan fingerprint density at radius 2 is 1.62 bits per heavy atom. The Morgan fingerprint density at radius 1 is 0.971 bits per heavy atom. The zero-order valence-corrected chi connectivity index (χ0v) is 20.4. The molecular formula is C22H24N2O9Se. The van der Waals surface area contributed by atoms with E-state index in [4.69, 9.17) is 18.9 Å². The second-order valence-electron chi connectivity index (χ2n) is 7.43. The summed E-state index contributed by atoms with van der Waals surface area (Å²) in [6, 6.07) is 10.5. The van der Waals surface area contributed by atoms with Gasteiger partial charge in [0.2, 0.25) is 0 Å². The molecule has 12 heteroatoms. The van der Waals surface area contributed by atoms with Crippen LogP contribution < -0.4 is 15.7 Å². The molecule has 1 aromatic carbocycles. The first-order valence-corrected chi connectivity index (χ1v) is 12.2. The van der Waals surface area contributed by atoms with E-state index in [0.29, 0.717) is 0 Å². The maximum absolute atomic E-state index is 12.7. The molecule has 0 unspecified atom stereocenters. The topological polar surface area (TPSA) is 143 Å². The number of hydrogen-bond donors (Lipinski definition) is 1. The molecule has 3 rings (SSSR count). The van der Waals surface area contributed by atoms with Crippen molar-refractivity contribution in [1.82, 2.24) is 9.55 Å². The first-order chi connectivity index (χ1) is 16.2. The van der Waals surface area contributed by atoms with Gasteiger partial charge in [0, 0.05) is 0 Å². The van der Waals surface area contributed by atoms with E-state index in [1.54, 1.807) is 0 Å². The van der Waals surface area contributed by atoms with Gasteiger partial charge in [-0.1, -0.05) is 0 Å². The normalized spacial score (nSPS) is 24.1. The van der Waals surface area contributed by atoms with Gasteiger partial charge in [0.05, 0.1) is 0 Å². The van der Waals surface area contributed by atoms with E-state index in [9.17, 15) is 24.0 Å². The fourth-order valence-corrected chi connectivity index (χ4v) is 6.22. The number of benzene rings is 1. The third-order valence-corrected chi connectivity index (χ3v) is 7.57. The van der Waals surface area contributed by atoms with Gasteiger partial charge in [-0.3, -0.25) is 0 Å². The van der Waals surface area contributed by atoms with E-state index < -0.39 is 73.5 Å². The molecule has 0 bridgehead atoms. The fourth-order valence-electron chi connectivity index (χ4n) is 3.52. The van der Waals surface area contributed by atoms with Gasteiger partial charge in [-0.05, 0) is 0 Å². The zero-order chi connectivity index (χ0) is 24.8. The van der Waals surface area contributed by atoms with Crippen LogP contribution in [0.3, 0.4) is 0 Å². The van der Waals surface area contributed by atoms with Crippen molar-refractivity contribution in [3.05, 3.63) is 63.4 Å². The Balaban J connectivity index is 2.13. The van der Waals surface area contributed by atoms with E-state index in [0.717, 1.165) is 10.5 Å². The van der Waals surface area contributed by atoms with Crippen LogP contribution >= 0.6 is 0 Å². The van der Waals surface area contributed by atoms with Crippen molar-refractivity contribution in [2.24, 2.45) is 0 Å². The molecule has 0 spiro atoms. The van der Waals surface area contributed by atoms with Crippen LogP contribution in [0.25, 0.3) is 0 Å². The minimum absolute atomic E-state index is 0.315. The van der Waals surface area contributed by atoms with Crippen LogP contribution in [-0.2, 0) is 33.3 Å². The molecule has 0 amide bonds. The van der Waals surface area contributed by atoms with Crippen LogP contribution in [0.15, 0.2) is 52.2 Å². The molecule has 1 N–H and O–H groups in total. The number of rotatable bonds is 7. The van der Waals surface area contributed by atoms with Crippen molar-refractivity contribution in [2.45, 2.75) is 50.1 Å². The van der Waals surface area contributed by atoms with Gasteiger partial charge >= 0.3 is 200 Å². The maximum atomic E-state index is 12.7. The molecular weight excluding hydrogens is 515 g/mol. The van der Waals surface area contributed by atoms with Crippen LogP contribution in [0.1, 0.15) is 27.0 Å². The van der Waals surface area contributed by atoms with Crippen molar-refractivity contribution in [1.29, 1.82) is 0 Å². The van der Waals surface area contributed by atoms with Crippen LogP contribution in [0.2, 0.25) is 4.82 Å². The van der Waals surface area contributed by atoms with Crippen LogP contribution in [-0.4, -0.2) is 67.3 Å². The van der Waals surface area contributed by atoms with Crippen LogP contribution in [0, 0.1) is 0 Å². The van der Waals surface area contributed by atoms with Gasteiger partial charge in [-0.2, -0.15) is 0 Å². The summed E-state index contributed by atoms with van der Waals surface area (Å²) in [7, 11) is 0. The number of ether oxygens (including phenoxy) is 4. The summed E-state index contributed by atoms with van der Waals surface area (Å²) >= 11 is -0.452. The molecule has 34 heavy (non-hydrogen) atoms. The molecule has 182 valence electrons. The minimum atomic E-state index is -1.11. The quantitative estimate of drug-likeness (QED) is 0.285. The second kappa shape index (κ2) is 11.3. The molecule has 11 nitrogen and oxygen atoms in total. The monoisotopic (exact) mass is 540 g/mol. The summed E-state index contributed by atoms with van der Waals surface area (Å²) in [5, 5.41) is 0. The fraction of sp³-hybridized carbons (Fsp3) is 0.409. The molecule has 2 heterocycles. The Morgan fingerprint density at radius 3 is 2.21 bits per heavy atom. The van der Waals surface area contributed by atoms with Gasteiger partial charge in [0.25, 0.3) is 0 Å². The molecule has 2 aromatic rings. The SMILES string of the molecule is CC(=O)OC[C@H]1O[C@H](n2ccc(=O)[nH]c2=O)[C@@H]([Se]c2ccccc2)[C@@H](OC(C)=O)[C@H]1OC(C)=O. The third-order valence-electron chi connectivity index (χ3n) is 4.80. The summed E-state index contributed by atoms with van der Waals surface area (Å²) in [6.45, 7) is 3.31. The van der Waals surface area contributed by atoms with Gasteiger partial charge in [0.15, 0.2) is 0 Å². The van der Waals surface area contributed by atoms with E-state index in [1.165, 1.54) is 31.5 Å². The number of carbonyl (C=O) groups is 3. The van der Waals surface area contributed by atoms with Crippen LogP contribution in [0.5, 0.6) is 0 Å². The first kappa shape index (κ1) is 25.4. The molecule has 1 aliphatic rings. The standard InChI is InChI=1S/C22H24N2O9Se/c1-12(25)30-11-16-18(31-13(2)26)19(32-14(3)27)20(34-15-7-5-4-6-8-15)21(33-16)24-10-9-17(28)23-22(24)29/h4-10,16,18-21H,11H2,1-3H3,(H,23,28,29)/t16-,18+,19+,20+,21+/m1/s1. The number of nitrogens with one attached hydrogen (secondary N) is 1. The van der Waals surface area contributed by atoms with Crippen molar-refractivity contribution in [3.63, 3.8) is 0 Å². The summed E-state index contributed by atoms with van der Waals surface area (Å²) in [6.07, 6.45) is -2.93. The van der Waals surface area contributed by atoms with Gasteiger partial charge in [0.1, 0.15) is 0 Å². The number of hydrogen-bond acceptors (Lipinski definition) is 9. The summed E-state index contributed by atoms with van der Waals surface area (Å²) < 4.78 is 24.5. The Kier molecular flexibility index (Phi) is 8.43. The van der Waals surface area contributed by atoms with Crippen molar-refractivity contribution < 1.29 is 33.3 Å².